The number of morpholine rings is 1. The molecule has 1 amide bonds. The molecule has 10 heteroatoms. The predicted octanol–water partition coefficient (Wildman–Crippen LogP) is 2.68. The van der Waals surface area contributed by atoms with E-state index in [0.29, 0.717) is 36.2 Å². The molecule has 0 spiro atoms. The molecule has 0 bridgehead atoms. The maximum absolute atomic E-state index is 12.4. The minimum atomic E-state index is 0.00810. The van der Waals surface area contributed by atoms with Gasteiger partial charge in [0.15, 0.2) is 5.82 Å². The Labute approximate surface area is 197 Å². The van der Waals surface area contributed by atoms with Crippen molar-refractivity contribution >= 4 is 45.7 Å². The Morgan fingerprint density at radius 3 is 2.62 bits per heavy atom. The lowest BCUT2D eigenvalue weighted by Crippen LogP contribution is -2.36. The number of hydrogen-bond acceptors (Lipinski definition) is 8. The average molecular weight is 461 g/mol. The number of fused-ring (bicyclic) bond motifs is 1. The fourth-order valence-corrected chi connectivity index (χ4v) is 4.14. The number of aliphatic imine (C=N–C) groups is 1. The van der Waals surface area contributed by atoms with E-state index >= 15 is 0 Å². The topological polar surface area (TPSA) is 131 Å². The molecular weight excluding hydrogens is 432 g/mol. The molecule has 1 saturated carbocycles. The highest BCUT2D eigenvalue weighted by Gasteiger charge is 2.25. The number of ether oxygens (including phenoxy) is 1. The van der Waals surface area contributed by atoms with Crippen molar-refractivity contribution in [3.63, 3.8) is 0 Å². The van der Waals surface area contributed by atoms with Gasteiger partial charge in [0.2, 0.25) is 5.91 Å². The van der Waals surface area contributed by atoms with E-state index in [-0.39, 0.29) is 17.7 Å². The fourth-order valence-electron chi connectivity index (χ4n) is 4.14. The Morgan fingerprint density at radius 1 is 1.12 bits per heavy atom. The summed E-state index contributed by atoms with van der Waals surface area (Å²) in [5, 5.41) is 7.59. The molecule has 0 unspecified atom stereocenters. The molecule has 0 radical (unpaired) electrons. The zero-order chi connectivity index (χ0) is 23.5. The van der Waals surface area contributed by atoms with Gasteiger partial charge in [-0.1, -0.05) is 6.42 Å². The van der Waals surface area contributed by atoms with Gasteiger partial charge in [0.25, 0.3) is 0 Å². The van der Waals surface area contributed by atoms with Crippen LogP contribution in [0.5, 0.6) is 0 Å². The highest BCUT2D eigenvalue weighted by molar-refractivity contribution is 6.12. The first-order chi connectivity index (χ1) is 16.6. The monoisotopic (exact) mass is 460 g/mol. The van der Waals surface area contributed by atoms with E-state index in [9.17, 15) is 4.79 Å². The standard InChI is InChI=1S/C24H28N8O2/c1-26-23-19-14-28-21(31-24(33)15-3-2-4-15)11-17(19)18(13-29-23)22(25)30-20-6-5-16(12-27-20)32-7-9-34-10-8-32/h5-6,11-15H,2-4,7-10H2,1H3,(H,26,29)(H2,25,27,30)(H,28,31,33). The maximum Gasteiger partial charge on any atom is 0.228 e. The van der Waals surface area contributed by atoms with Crippen molar-refractivity contribution in [3.8, 4) is 0 Å². The van der Waals surface area contributed by atoms with Crippen molar-refractivity contribution in [2.45, 2.75) is 19.3 Å². The lowest BCUT2D eigenvalue weighted by molar-refractivity contribution is -0.122. The van der Waals surface area contributed by atoms with Crippen molar-refractivity contribution in [1.82, 2.24) is 15.0 Å². The van der Waals surface area contributed by atoms with Gasteiger partial charge in [-0.3, -0.25) is 4.79 Å². The van der Waals surface area contributed by atoms with Gasteiger partial charge in [-0.05, 0) is 31.0 Å². The third kappa shape index (κ3) is 4.49. The second kappa shape index (κ2) is 9.60. The minimum Gasteiger partial charge on any atom is -0.383 e. The smallest absolute Gasteiger partial charge is 0.228 e. The number of nitrogens with zero attached hydrogens (tertiary/aromatic N) is 5. The number of carbonyl (C=O) groups excluding carboxylic acids is 1. The Hall–Kier alpha value is -3.79. The van der Waals surface area contributed by atoms with E-state index < -0.39 is 0 Å². The molecule has 4 heterocycles. The summed E-state index contributed by atoms with van der Waals surface area (Å²) in [6.45, 7) is 3.12. The molecule has 176 valence electrons. The Bertz CT molecular complexity index is 1220. The second-order valence-electron chi connectivity index (χ2n) is 8.47. The van der Waals surface area contributed by atoms with Gasteiger partial charge in [-0.2, -0.15) is 0 Å². The molecule has 10 nitrogen and oxygen atoms in total. The quantitative estimate of drug-likeness (QED) is 0.378. The van der Waals surface area contributed by atoms with Crippen molar-refractivity contribution in [1.29, 1.82) is 0 Å². The van der Waals surface area contributed by atoms with Gasteiger partial charge in [0.05, 0.1) is 25.1 Å². The van der Waals surface area contributed by atoms with Crippen LogP contribution in [0.15, 0.2) is 41.8 Å². The lowest BCUT2D eigenvalue weighted by Gasteiger charge is -2.28. The third-order valence-electron chi connectivity index (χ3n) is 6.36. The largest absolute Gasteiger partial charge is 0.383 e. The van der Waals surface area contributed by atoms with Crippen LogP contribution in [0, 0.1) is 5.92 Å². The van der Waals surface area contributed by atoms with Gasteiger partial charge in [0.1, 0.15) is 17.5 Å². The molecule has 1 aliphatic heterocycles. The summed E-state index contributed by atoms with van der Waals surface area (Å²) in [7, 11) is 1.80. The summed E-state index contributed by atoms with van der Waals surface area (Å²) in [6.07, 6.45) is 8.11. The summed E-state index contributed by atoms with van der Waals surface area (Å²) >= 11 is 0. The van der Waals surface area contributed by atoms with Crippen molar-refractivity contribution in [3.05, 3.63) is 42.4 Å². The molecule has 3 aromatic rings. The number of amides is 1. The van der Waals surface area contributed by atoms with E-state index in [1.165, 1.54) is 0 Å². The van der Waals surface area contributed by atoms with E-state index in [0.717, 1.165) is 48.8 Å². The normalized spacial score (nSPS) is 16.9. The van der Waals surface area contributed by atoms with Crippen molar-refractivity contribution in [2.24, 2.45) is 16.6 Å². The molecule has 2 aliphatic rings. The Balaban J connectivity index is 1.44. The maximum atomic E-state index is 12.4. The highest BCUT2D eigenvalue weighted by atomic mass is 16.5. The first-order valence-electron chi connectivity index (χ1n) is 11.5. The van der Waals surface area contributed by atoms with E-state index in [2.05, 4.69) is 35.5 Å². The Morgan fingerprint density at radius 2 is 1.94 bits per heavy atom. The molecule has 0 atom stereocenters. The molecular formula is C24H28N8O2. The summed E-state index contributed by atoms with van der Waals surface area (Å²) < 4.78 is 5.41. The molecule has 2 fully saturated rings. The number of rotatable bonds is 6. The number of pyridine rings is 3. The van der Waals surface area contributed by atoms with Crippen molar-refractivity contribution < 1.29 is 9.53 Å². The van der Waals surface area contributed by atoms with Crippen LogP contribution in [0.2, 0.25) is 0 Å². The zero-order valence-electron chi connectivity index (χ0n) is 19.1. The number of nitrogens with two attached hydrogens (primary N) is 1. The number of aromatic nitrogens is 3. The van der Waals surface area contributed by atoms with Crippen LogP contribution in [-0.2, 0) is 9.53 Å². The van der Waals surface area contributed by atoms with Crippen molar-refractivity contribution in [2.75, 3.05) is 48.9 Å². The lowest BCUT2D eigenvalue weighted by atomic mass is 9.85. The molecule has 1 aliphatic carbocycles. The van der Waals surface area contributed by atoms with Crippen LogP contribution in [0.3, 0.4) is 0 Å². The van der Waals surface area contributed by atoms with Crippen LogP contribution < -0.4 is 21.3 Å². The van der Waals surface area contributed by atoms with Crippen LogP contribution >= 0.6 is 0 Å². The van der Waals surface area contributed by atoms with Gasteiger partial charge < -0.3 is 26.0 Å². The summed E-state index contributed by atoms with van der Waals surface area (Å²) in [6, 6.07) is 5.66. The molecule has 0 aromatic carbocycles. The SMILES string of the molecule is CNc1ncc(C(N)=Nc2ccc(N3CCOCC3)cn2)c2cc(NC(=O)C3CCC3)ncc12. The molecule has 5 rings (SSSR count). The minimum absolute atomic E-state index is 0.00810. The first kappa shape index (κ1) is 22.0. The number of carbonyl (C=O) groups is 1. The van der Waals surface area contributed by atoms with Gasteiger partial charge >= 0.3 is 0 Å². The highest BCUT2D eigenvalue weighted by Crippen LogP contribution is 2.29. The van der Waals surface area contributed by atoms with Gasteiger partial charge in [0, 0.05) is 54.8 Å². The second-order valence-corrected chi connectivity index (χ2v) is 8.47. The van der Waals surface area contributed by atoms with Crippen LogP contribution in [0.25, 0.3) is 10.8 Å². The van der Waals surface area contributed by atoms with Crippen LogP contribution in [-0.4, -0.2) is 60.0 Å². The summed E-state index contributed by atoms with van der Waals surface area (Å²) in [5.41, 5.74) is 8.09. The Kier molecular flexibility index (Phi) is 6.22. The molecule has 34 heavy (non-hydrogen) atoms. The molecule has 1 saturated heterocycles. The summed E-state index contributed by atoms with van der Waals surface area (Å²) in [5.74, 6) is 2.03. The number of anilines is 3. The number of nitrogens with one attached hydrogen (secondary N) is 2. The van der Waals surface area contributed by atoms with Gasteiger partial charge in [-0.15, -0.1) is 0 Å². The first-order valence-corrected chi connectivity index (χ1v) is 11.5. The average Bonchev–Trinajstić information content (AvgIpc) is 2.83. The van der Waals surface area contributed by atoms with Crippen LogP contribution in [0.1, 0.15) is 24.8 Å². The fraction of sp³-hybridized carbons (Fsp3) is 0.375. The number of amidine groups is 1. The van der Waals surface area contributed by atoms with Crippen LogP contribution in [0.4, 0.5) is 23.1 Å². The zero-order valence-corrected chi connectivity index (χ0v) is 19.1. The third-order valence-corrected chi connectivity index (χ3v) is 6.36. The molecule has 3 aromatic heterocycles. The predicted molar refractivity (Wildman–Crippen MR) is 133 cm³/mol. The number of hydrogen-bond donors (Lipinski definition) is 3. The van der Waals surface area contributed by atoms with Gasteiger partial charge in [-0.25, -0.2) is 19.9 Å². The van der Waals surface area contributed by atoms with E-state index in [1.54, 1.807) is 25.6 Å². The van der Waals surface area contributed by atoms with E-state index in [4.69, 9.17) is 10.5 Å². The van der Waals surface area contributed by atoms with E-state index in [1.807, 2.05) is 18.2 Å². The summed E-state index contributed by atoms with van der Waals surface area (Å²) in [4.78, 5) is 32.5. The molecule has 4 N–H and O–H groups in total.